The molecular formula is C15H17ClN2S. The zero-order valence-corrected chi connectivity index (χ0v) is 12.2. The molecule has 2 aromatic rings. The highest BCUT2D eigenvalue weighted by Crippen LogP contribution is 2.42. The van der Waals surface area contributed by atoms with Crippen LogP contribution in [0.2, 0.25) is 4.34 Å². The van der Waals surface area contributed by atoms with E-state index in [0.29, 0.717) is 5.92 Å². The fourth-order valence-corrected chi connectivity index (χ4v) is 4.22. The Balaban J connectivity index is 1.97. The monoisotopic (exact) mass is 292 g/mol. The Kier molecular flexibility index (Phi) is 3.89. The molecule has 2 atom stereocenters. The lowest BCUT2D eigenvalue weighted by atomic mass is 9.78. The molecule has 4 heteroatoms. The van der Waals surface area contributed by atoms with Crippen molar-refractivity contribution in [3.63, 3.8) is 0 Å². The molecule has 1 aromatic carbocycles. The third-order valence-electron chi connectivity index (χ3n) is 3.90. The van der Waals surface area contributed by atoms with Crippen molar-refractivity contribution >= 4 is 22.9 Å². The fraction of sp³-hybridized carbons (Fsp3) is 0.333. The van der Waals surface area contributed by atoms with Gasteiger partial charge in [-0.15, -0.1) is 11.3 Å². The fourth-order valence-electron chi connectivity index (χ4n) is 3.03. The first-order chi connectivity index (χ1) is 9.29. The molecule has 1 heterocycles. The average Bonchev–Trinajstić information content (AvgIpc) is 2.86. The van der Waals surface area contributed by atoms with Gasteiger partial charge in [0.1, 0.15) is 0 Å². The number of nitrogens with two attached hydrogens (primary N) is 1. The summed E-state index contributed by atoms with van der Waals surface area (Å²) in [5.41, 5.74) is 5.89. The molecule has 2 unspecified atom stereocenters. The van der Waals surface area contributed by atoms with Crippen LogP contribution in [0.3, 0.4) is 0 Å². The second-order valence-electron chi connectivity index (χ2n) is 4.98. The SMILES string of the molecule is NNC(c1ccc(Cl)s1)C1CCCc2ccccc21. The summed E-state index contributed by atoms with van der Waals surface area (Å²) in [5, 5.41) is 0. The standard InChI is InChI=1S/C15H17ClN2S/c16-14-9-8-13(19-14)15(18-17)12-7-3-5-10-4-1-2-6-11(10)12/h1-2,4,6,8-9,12,15,18H,3,5,7,17H2. The van der Waals surface area contributed by atoms with Gasteiger partial charge in [0, 0.05) is 10.8 Å². The molecule has 0 radical (unpaired) electrons. The first kappa shape index (κ1) is 13.1. The van der Waals surface area contributed by atoms with E-state index in [1.165, 1.54) is 35.3 Å². The molecule has 0 saturated heterocycles. The minimum Gasteiger partial charge on any atom is -0.271 e. The molecule has 1 aliphatic carbocycles. The van der Waals surface area contributed by atoms with Crippen LogP contribution in [0.4, 0.5) is 0 Å². The Morgan fingerprint density at radius 2 is 2.11 bits per heavy atom. The summed E-state index contributed by atoms with van der Waals surface area (Å²) in [6.07, 6.45) is 3.57. The molecule has 0 aliphatic heterocycles. The van der Waals surface area contributed by atoms with Crippen molar-refractivity contribution in [2.24, 2.45) is 5.84 Å². The van der Waals surface area contributed by atoms with Gasteiger partial charge in [0.25, 0.3) is 0 Å². The number of hydrogen-bond donors (Lipinski definition) is 2. The molecule has 3 N–H and O–H groups in total. The van der Waals surface area contributed by atoms with Crippen LogP contribution in [0.25, 0.3) is 0 Å². The van der Waals surface area contributed by atoms with Crippen molar-refractivity contribution in [3.05, 3.63) is 56.7 Å². The number of hydrazine groups is 1. The maximum Gasteiger partial charge on any atom is 0.0931 e. The van der Waals surface area contributed by atoms with Gasteiger partial charge in [0.2, 0.25) is 0 Å². The van der Waals surface area contributed by atoms with Crippen LogP contribution in [0, 0.1) is 0 Å². The summed E-state index contributed by atoms with van der Waals surface area (Å²) in [6, 6.07) is 12.9. The Hall–Kier alpha value is -0.870. The van der Waals surface area contributed by atoms with Gasteiger partial charge in [-0.2, -0.15) is 0 Å². The molecule has 0 amide bonds. The molecule has 1 aromatic heterocycles. The van der Waals surface area contributed by atoms with Crippen LogP contribution in [0.5, 0.6) is 0 Å². The zero-order chi connectivity index (χ0) is 13.2. The molecule has 0 bridgehead atoms. The van der Waals surface area contributed by atoms with E-state index < -0.39 is 0 Å². The molecule has 0 fully saturated rings. The van der Waals surface area contributed by atoms with Crippen molar-refractivity contribution in [1.82, 2.24) is 5.43 Å². The van der Waals surface area contributed by atoms with Gasteiger partial charge in [0.05, 0.1) is 10.4 Å². The van der Waals surface area contributed by atoms with E-state index in [1.807, 2.05) is 6.07 Å². The topological polar surface area (TPSA) is 38.0 Å². The highest BCUT2D eigenvalue weighted by atomic mass is 35.5. The highest BCUT2D eigenvalue weighted by Gasteiger charge is 2.29. The lowest BCUT2D eigenvalue weighted by Gasteiger charge is -2.31. The summed E-state index contributed by atoms with van der Waals surface area (Å²) >= 11 is 7.66. The second-order valence-corrected chi connectivity index (χ2v) is 6.73. The summed E-state index contributed by atoms with van der Waals surface area (Å²) in [7, 11) is 0. The quantitative estimate of drug-likeness (QED) is 0.662. The van der Waals surface area contributed by atoms with Crippen LogP contribution in [-0.4, -0.2) is 0 Å². The van der Waals surface area contributed by atoms with Crippen molar-refractivity contribution in [2.75, 3.05) is 0 Å². The van der Waals surface area contributed by atoms with Gasteiger partial charge >= 0.3 is 0 Å². The third kappa shape index (κ3) is 2.56. The number of hydrogen-bond acceptors (Lipinski definition) is 3. The Morgan fingerprint density at radius 1 is 1.26 bits per heavy atom. The number of rotatable bonds is 3. The number of fused-ring (bicyclic) bond motifs is 1. The van der Waals surface area contributed by atoms with Crippen molar-refractivity contribution in [1.29, 1.82) is 0 Å². The van der Waals surface area contributed by atoms with Gasteiger partial charge in [-0.25, -0.2) is 0 Å². The van der Waals surface area contributed by atoms with Crippen LogP contribution in [0.1, 0.15) is 40.8 Å². The van der Waals surface area contributed by atoms with E-state index in [0.717, 1.165) is 4.34 Å². The molecular weight excluding hydrogens is 276 g/mol. The summed E-state index contributed by atoms with van der Waals surface area (Å²) in [5.74, 6) is 6.25. The van der Waals surface area contributed by atoms with Gasteiger partial charge in [-0.1, -0.05) is 35.9 Å². The lowest BCUT2D eigenvalue weighted by Crippen LogP contribution is -2.33. The van der Waals surface area contributed by atoms with Gasteiger partial charge in [-0.05, 0) is 42.5 Å². The Labute approximate surface area is 122 Å². The smallest absolute Gasteiger partial charge is 0.0931 e. The Morgan fingerprint density at radius 3 is 2.84 bits per heavy atom. The number of benzene rings is 1. The third-order valence-corrected chi connectivity index (χ3v) is 5.21. The van der Waals surface area contributed by atoms with E-state index in [1.54, 1.807) is 11.3 Å². The van der Waals surface area contributed by atoms with E-state index >= 15 is 0 Å². The van der Waals surface area contributed by atoms with E-state index in [9.17, 15) is 0 Å². The zero-order valence-electron chi connectivity index (χ0n) is 10.6. The maximum absolute atomic E-state index is 6.05. The Bertz CT molecular complexity index is 567. The normalized spacial score (nSPS) is 20.0. The van der Waals surface area contributed by atoms with E-state index in [-0.39, 0.29) is 6.04 Å². The van der Waals surface area contributed by atoms with E-state index in [4.69, 9.17) is 17.4 Å². The minimum absolute atomic E-state index is 0.152. The summed E-state index contributed by atoms with van der Waals surface area (Å²) < 4.78 is 0.819. The predicted octanol–water partition coefficient (Wildman–Crippen LogP) is 4.03. The van der Waals surface area contributed by atoms with Gasteiger partial charge < -0.3 is 0 Å². The van der Waals surface area contributed by atoms with Crippen LogP contribution >= 0.6 is 22.9 Å². The van der Waals surface area contributed by atoms with Gasteiger partial charge in [0.15, 0.2) is 0 Å². The summed E-state index contributed by atoms with van der Waals surface area (Å²) in [6.45, 7) is 0. The van der Waals surface area contributed by atoms with Crippen molar-refractivity contribution in [3.8, 4) is 0 Å². The van der Waals surface area contributed by atoms with Crippen molar-refractivity contribution in [2.45, 2.75) is 31.2 Å². The minimum atomic E-state index is 0.152. The first-order valence-corrected chi connectivity index (χ1v) is 7.78. The predicted molar refractivity (Wildman–Crippen MR) is 81.5 cm³/mol. The number of aryl methyl sites for hydroxylation is 1. The number of halogens is 1. The molecule has 0 spiro atoms. The molecule has 0 saturated carbocycles. The van der Waals surface area contributed by atoms with Crippen molar-refractivity contribution < 1.29 is 0 Å². The van der Waals surface area contributed by atoms with Gasteiger partial charge in [-0.3, -0.25) is 11.3 Å². The number of thiophene rings is 1. The maximum atomic E-state index is 6.05. The number of nitrogens with one attached hydrogen (secondary N) is 1. The highest BCUT2D eigenvalue weighted by molar-refractivity contribution is 7.16. The first-order valence-electron chi connectivity index (χ1n) is 6.59. The molecule has 19 heavy (non-hydrogen) atoms. The van der Waals surface area contributed by atoms with Crippen LogP contribution in [-0.2, 0) is 6.42 Å². The van der Waals surface area contributed by atoms with Crippen LogP contribution in [0.15, 0.2) is 36.4 Å². The molecule has 3 rings (SSSR count). The van der Waals surface area contributed by atoms with Crippen LogP contribution < -0.4 is 11.3 Å². The largest absolute Gasteiger partial charge is 0.271 e. The second kappa shape index (κ2) is 5.63. The van der Waals surface area contributed by atoms with E-state index in [2.05, 4.69) is 35.8 Å². The average molecular weight is 293 g/mol. The lowest BCUT2D eigenvalue weighted by molar-refractivity contribution is 0.413. The molecule has 2 nitrogen and oxygen atoms in total. The molecule has 100 valence electrons. The molecule has 1 aliphatic rings. The summed E-state index contributed by atoms with van der Waals surface area (Å²) in [4.78, 5) is 1.22.